The predicted octanol–water partition coefficient (Wildman–Crippen LogP) is 3.95. The van der Waals surface area contributed by atoms with Crippen LogP contribution >= 0.6 is 0 Å². The highest BCUT2D eigenvalue weighted by Gasteiger charge is 2.46. The molecule has 0 radical (unpaired) electrons. The molecule has 1 aliphatic rings. The molecule has 1 aliphatic carbocycles. The Morgan fingerprint density at radius 3 is 2.68 bits per heavy atom. The molecular weight excluding hydrogens is 327 g/mol. The van der Waals surface area contributed by atoms with Crippen LogP contribution in [0.25, 0.3) is 0 Å². The average molecular weight is 352 g/mol. The van der Waals surface area contributed by atoms with Crippen molar-refractivity contribution in [2.75, 3.05) is 0 Å². The Morgan fingerprint density at radius 1 is 1.36 bits per heavy atom. The molecule has 1 fully saturated rings. The number of carbonyl (C=O) groups is 2. The van der Waals surface area contributed by atoms with E-state index in [1.54, 1.807) is 20.8 Å². The number of hydrogen-bond acceptors (Lipinski definition) is 4. The summed E-state index contributed by atoms with van der Waals surface area (Å²) < 4.78 is 24.4. The molecule has 1 aromatic carbocycles. The van der Waals surface area contributed by atoms with Crippen molar-refractivity contribution >= 4 is 11.9 Å². The zero-order valence-corrected chi connectivity index (χ0v) is 14.9. The Bertz CT molecular complexity index is 637. The maximum atomic E-state index is 13.4. The summed E-state index contributed by atoms with van der Waals surface area (Å²) in [7, 11) is 0. The van der Waals surface area contributed by atoms with Gasteiger partial charge < -0.3 is 14.6 Å². The number of halogens is 1. The molecular formula is C19H25FO5. The first-order chi connectivity index (χ1) is 11.6. The van der Waals surface area contributed by atoms with E-state index in [0.717, 1.165) is 6.42 Å². The molecule has 0 aromatic heterocycles. The number of carboxylic acid groups (broad SMARTS) is 1. The van der Waals surface area contributed by atoms with Crippen LogP contribution in [0.4, 0.5) is 4.39 Å². The average Bonchev–Trinajstić information content (AvgIpc) is 2.45. The number of hydrogen-bond donors (Lipinski definition) is 1. The predicted molar refractivity (Wildman–Crippen MR) is 89.8 cm³/mol. The molecule has 1 N–H and O–H groups in total. The van der Waals surface area contributed by atoms with Crippen LogP contribution in [-0.4, -0.2) is 28.2 Å². The van der Waals surface area contributed by atoms with E-state index < -0.39 is 23.0 Å². The number of aliphatic carboxylic acids is 1. The summed E-state index contributed by atoms with van der Waals surface area (Å²) in [6.07, 6.45) is 2.02. The minimum absolute atomic E-state index is 0.145. The van der Waals surface area contributed by atoms with Crippen molar-refractivity contribution in [1.82, 2.24) is 0 Å². The van der Waals surface area contributed by atoms with Gasteiger partial charge in [0.05, 0.1) is 0 Å². The van der Waals surface area contributed by atoms with E-state index in [1.807, 2.05) is 0 Å². The monoisotopic (exact) mass is 352 g/mol. The first kappa shape index (κ1) is 19.2. The zero-order valence-electron chi connectivity index (χ0n) is 14.9. The lowest BCUT2D eigenvalue weighted by molar-refractivity contribution is -0.164. The number of esters is 1. The van der Waals surface area contributed by atoms with Gasteiger partial charge in [-0.3, -0.25) is 4.79 Å². The van der Waals surface area contributed by atoms with Gasteiger partial charge in [-0.25, -0.2) is 9.18 Å². The molecule has 0 heterocycles. The summed E-state index contributed by atoms with van der Waals surface area (Å²) in [5.74, 6) is -1.89. The number of carbonyl (C=O) groups excluding carboxylic acids is 1. The van der Waals surface area contributed by atoms with Crippen LogP contribution in [0, 0.1) is 11.7 Å². The Kier molecular flexibility index (Phi) is 5.70. The van der Waals surface area contributed by atoms with Gasteiger partial charge in [-0.1, -0.05) is 6.07 Å². The Labute approximate surface area is 147 Å². The second kappa shape index (κ2) is 7.42. The van der Waals surface area contributed by atoms with Crippen LogP contribution < -0.4 is 4.74 Å². The number of rotatable bonds is 5. The molecule has 0 spiro atoms. The maximum absolute atomic E-state index is 13.4. The molecule has 2 rings (SSSR count). The van der Waals surface area contributed by atoms with Crippen molar-refractivity contribution in [2.24, 2.45) is 5.92 Å². The van der Waals surface area contributed by atoms with Gasteiger partial charge in [-0.05, 0) is 58.1 Å². The largest absolute Gasteiger partial charge is 0.478 e. The summed E-state index contributed by atoms with van der Waals surface area (Å²) in [6, 6.07) is 5.45. The lowest BCUT2D eigenvalue weighted by atomic mass is 9.76. The summed E-state index contributed by atoms with van der Waals surface area (Å²) >= 11 is 0. The van der Waals surface area contributed by atoms with Crippen molar-refractivity contribution in [3.8, 4) is 5.75 Å². The number of ether oxygens (including phenoxy) is 2. The highest BCUT2D eigenvalue weighted by molar-refractivity contribution is 5.78. The first-order valence-electron chi connectivity index (χ1n) is 8.49. The van der Waals surface area contributed by atoms with Gasteiger partial charge in [0, 0.05) is 18.9 Å². The highest BCUT2D eigenvalue weighted by Crippen LogP contribution is 2.38. The molecule has 5 nitrogen and oxygen atoms in total. The molecule has 0 bridgehead atoms. The zero-order chi connectivity index (χ0) is 18.7. The van der Waals surface area contributed by atoms with Crippen LogP contribution in [0.2, 0.25) is 0 Å². The second-order valence-corrected chi connectivity index (χ2v) is 7.61. The summed E-state index contributed by atoms with van der Waals surface area (Å²) in [5.41, 5.74) is -2.02. The molecule has 1 saturated carbocycles. The molecule has 25 heavy (non-hydrogen) atoms. The van der Waals surface area contributed by atoms with Gasteiger partial charge in [-0.15, -0.1) is 0 Å². The molecule has 0 aliphatic heterocycles. The first-order valence-corrected chi connectivity index (χ1v) is 8.49. The fraction of sp³-hybridized carbons (Fsp3) is 0.579. The third-order valence-corrected chi connectivity index (χ3v) is 4.19. The van der Waals surface area contributed by atoms with Crippen LogP contribution in [0.1, 0.15) is 52.9 Å². The topological polar surface area (TPSA) is 72.8 Å². The third kappa shape index (κ3) is 5.44. The van der Waals surface area contributed by atoms with Crippen molar-refractivity contribution in [1.29, 1.82) is 0 Å². The van der Waals surface area contributed by atoms with Gasteiger partial charge in [0.1, 0.15) is 17.2 Å². The van der Waals surface area contributed by atoms with Crippen LogP contribution in [0.5, 0.6) is 5.75 Å². The fourth-order valence-corrected chi connectivity index (χ4v) is 3.23. The van der Waals surface area contributed by atoms with Crippen molar-refractivity contribution in [2.45, 2.75) is 64.1 Å². The van der Waals surface area contributed by atoms with Gasteiger partial charge >= 0.3 is 11.9 Å². The van der Waals surface area contributed by atoms with E-state index in [2.05, 4.69) is 0 Å². The quantitative estimate of drug-likeness (QED) is 0.812. The van der Waals surface area contributed by atoms with E-state index in [-0.39, 0.29) is 30.5 Å². The van der Waals surface area contributed by atoms with Crippen molar-refractivity contribution in [3.05, 3.63) is 30.1 Å². The summed E-state index contributed by atoms with van der Waals surface area (Å²) in [6.45, 7) is 5.38. The van der Waals surface area contributed by atoms with E-state index >= 15 is 0 Å². The van der Waals surface area contributed by atoms with Crippen LogP contribution in [-0.2, 0) is 14.3 Å². The Hall–Kier alpha value is -2.11. The standard InChI is InChI=1S/C19H25FO5/c1-18(2,3)25-16(21)10-13-6-5-9-19(12-13,17(22)23)24-15-8-4-7-14(20)11-15/h4,7-8,11,13H,5-6,9-10,12H2,1-3H3,(H,22,23). The van der Waals surface area contributed by atoms with Gasteiger partial charge in [0.15, 0.2) is 0 Å². The molecule has 2 unspecified atom stereocenters. The molecule has 1 aromatic rings. The Morgan fingerprint density at radius 2 is 2.08 bits per heavy atom. The van der Waals surface area contributed by atoms with Gasteiger partial charge in [0.2, 0.25) is 5.60 Å². The van der Waals surface area contributed by atoms with E-state index in [1.165, 1.54) is 24.3 Å². The minimum Gasteiger partial charge on any atom is -0.478 e. The van der Waals surface area contributed by atoms with Gasteiger partial charge in [-0.2, -0.15) is 0 Å². The lowest BCUT2D eigenvalue weighted by Crippen LogP contribution is -2.48. The summed E-state index contributed by atoms with van der Waals surface area (Å²) in [5, 5.41) is 9.72. The van der Waals surface area contributed by atoms with E-state index in [0.29, 0.717) is 12.8 Å². The smallest absolute Gasteiger partial charge is 0.348 e. The molecule has 6 heteroatoms. The Balaban J connectivity index is 2.10. The normalized spacial score (nSPS) is 23.8. The molecule has 2 atom stereocenters. The lowest BCUT2D eigenvalue weighted by Gasteiger charge is -2.37. The van der Waals surface area contributed by atoms with Crippen LogP contribution in [0.15, 0.2) is 24.3 Å². The molecule has 138 valence electrons. The summed E-state index contributed by atoms with van der Waals surface area (Å²) in [4.78, 5) is 23.9. The maximum Gasteiger partial charge on any atom is 0.348 e. The van der Waals surface area contributed by atoms with E-state index in [4.69, 9.17) is 9.47 Å². The third-order valence-electron chi connectivity index (χ3n) is 4.19. The van der Waals surface area contributed by atoms with E-state index in [9.17, 15) is 19.1 Å². The van der Waals surface area contributed by atoms with Gasteiger partial charge in [0.25, 0.3) is 0 Å². The molecule has 0 amide bonds. The van der Waals surface area contributed by atoms with Crippen molar-refractivity contribution < 1.29 is 28.6 Å². The number of carboxylic acids is 1. The number of benzene rings is 1. The minimum atomic E-state index is -1.45. The van der Waals surface area contributed by atoms with Crippen LogP contribution in [0.3, 0.4) is 0 Å². The molecule has 0 saturated heterocycles. The fourth-order valence-electron chi connectivity index (χ4n) is 3.23. The highest BCUT2D eigenvalue weighted by atomic mass is 19.1. The second-order valence-electron chi connectivity index (χ2n) is 7.61. The SMILES string of the molecule is CC(C)(C)OC(=O)CC1CCCC(Oc2cccc(F)c2)(C(=O)O)C1. The van der Waals surface area contributed by atoms with Crippen molar-refractivity contribution in [3.63, 3.8) is 0 Å².